The lowest BCUT2D eigenvalue weighted by atomic mass is 9.95. The van der Waals surface area contributed by atoms with Gasteiger partial charge in [-0.3, -0.25) is 0 Å². The maximum Gasteiger partial charge on any atom is 0.105 e. The standard InChI is InChI=1S/C15H25N3O/c1-13-16-5-8-18(13)11-14-2-6-17(7-3-14)10-15-4-9-19-12-15/h5,8,14-15H,2-4,6-7,9-12H2,1H3/t15-/m1/s1. The van der Waals surface area contributed by atoms with Gasteiger partial charge in [0.15, 0.2) is 0 Å². The summed E-state index contributed by atoms with van der Waals surface area (Å²) in [6, 6.07) is 0. The van der Waals surface area contributed by atoms with Gasteiger partial charge in [0, 0.05) is 32.1 Å². The molecule has 2 aliphatic heterocycles. The Labute approximate surface area is 115 Å². The third kappa shape index (κ3) is 3.37. The van der Waals surface area contributed by atoms with E-state index >= 15 is 0 Å². The number of nitrogens with zero attached hydrogens (tertiary/aromatic N) is 3. The normalized spacial score (nSPS) is 26.1. The van der Waals surface area contributed by atoms with Crippen molar-refractivity contribution in [2.24, 2.45) is 11.8 Å². The molecule has 1 aromatic heterocycles. The second kappa shape index (κ2) is 6.06. The van der Waals surface area contributed by atoms with E-state index in [4.69, 9.17) is 4.74 Å². The number of hydrogen-bond acceptors (Lipinski definition) is 3. The van der Waals surface area contributed by atoms with Crippen molar-refractivity contribution < 1.29 is 4.74 Å². The first-order chi connectivity index (χ1) is 9.31. The molecule has 4 heteroatoms. The Kier molecular flexibility index (Phi) is 4.18. The maximum atomic E-state index is 5.47. The highest BCUT2D eigenvalue weighted by Gasteiger charge is 2.24. The van der Waals surface area contributed by atoms with Crippen molar-refractivity contribution in [3.05, 3.63) is 18.2 Å². The predicted molar refractivity (Wildman–Crippen MR) is 75.1 cm³/mol. The van der Waals surface area contributed by atoms with Gasteiger partial charge >= 0.3 is 0 Å². The van der Waals surface area contributed by atoms with Gasteiger partial charge in [-0.2, -0.15) is 0 Å². The first-order valence-corrected chi connectivity index (χ1v) is 7.59. The van der Waals surface area contributed by atoms with Crippen molar-refractivity contribution in [1.82, 2.24) is 14.5 Å². The fourth-order valence-electron chi connectivity index (χ4n) is 3.32. The average molecular weight is 263 g/mol. The van der Waals surface area contributed by atoms with Crippen molar-refractivity contribution in [2.75, 3.05) is 32.8 Å². The lowest BCUT2D eigenvalue weighted by Crippen LogP contribution is -2.38. The number of imidazole rings is 1. The quantitative estimate of drug-likeness (QED) is 0.831. The third-order valence-electron chi connectivity index (χ3n) is 4.63. The molecule has 0 aromatic carbocycles. The zero-order valence-electron chi connectivity index (χ0n) is 11.9. The first-order valence-electron chi connectivity index (χ1n) is 7.59. The molecule has 0 N–H and O–H groups in total. The van der Waals surface area contributed by atoms with Gasteiger partial charge in [-0.25, -0.2) is 4.98 Å². The largest absolute Gasteiger partial charge is 0.381 e. The van der Waals surface area contributed by atoms with Crippen LogP contribution in [0.3, 0.4) is 0 Å². The van der Waals surface area contributed by atoms with E-state index in [1.54, 1.807) is 0 Å². The summed E-state index contributed by atoms with van der Waals surface area (Å²) in [5.41, 5.74) is 0. The number of piperidine rings is 1. The van der Waals surface area contributed by atoms with Crippen LogP contribution in [-0.2, 0) is 11.3 Å². The molecule has 19 heavy (non-hydrogen) atoms. The Balaban J connectivity index is 1.43. The molecule has 0 amide bonds. The molecule has 2 saturated heterocycles. The van der Waals surface area contributed by atoms with Gasteiger partial charge < -0.3 is 14.2 Å². The van der Waals surface area contributed by atoms with E-state index in [9.17, 15) is 0 Å². The number of hydrogen-bond donors (Lipinski definition) is 0. The van der Waals surface area contributed by atoms with Gasteiger partial charge in [0.25, 0.3) is 0 Å². The van der Waals surface area contributed by atoms with Crippen LogP contribution in [0.15, 0.2) is 12.4 Å². The molecular weight excluding hydrogens is 238 g/mol. The fraction of sp³-hybridized carbons (Fsp3) is 0.800. The highest BCUT2D eigenvalue weighted by Crippen LogP contribution is 2.22. The Morgan fingerprint density at radius 3 is 2.68 bits per heavy atom. The number of rotatable bonds is 4. The van der Waals surface area contributed by atoms with Crippen LogP contribution in [0.5, 0.6) is 0 Å². The monoisotopic (exact) mass is 263 g/mol. The lowest BCUT2D eigenvalue weighted by molar-refractivity contribution is 0.136. The molecule has 0 radical (unpaired) electrons. The molecule has 0 saturated carbocycles. The molecule has 2 aliphatic rings. The Morgan fingerprint density at radius 1 is 1.21 bits per heavy atom. The van der Waals surface area contributed by atoms with Crippen LogP contribution in [0.2, 0.25) is 0 Å². The summed E-state index contributed by atoms with van der Waals surface area (Å²) in [7, 11) is 0. The number of aryl methyl sites for hydroxylation is 1. The summed E-state index contributed by atoms with van der Waals surface area (Å²) >= 11 is 0. The van der Waals surface area contributed by atoms with Crippen molar-refractivity contribution in [2.45, 2.75) is 32.7 Å². The summed E-state index contributed by atoms with van der Waals surface area (Å²) < 4.78 is 7.76. The van der Waals surface area contributed by atoms with Gasteiger partial charge in [-0.05, 0) is 51.1 Å². The molecule has 106 valence electrons. The van der Waals surface area contributed by atoms with Gasteiger partial charge in [0.05, 0.1) is 6.61 Å². The molecule has 2 fully saturated rings. The highest BCUT2D eigenvalue weighted by molar-refractivity contribution is 4.89. The number of aromatic nitrogens is 2. The van der Waals surface area contributed by atoms with E-state index < -0.39 is 0 Å². The van der Waals surface area contributed by atoms with E-state index in [-0.39, 0.29) is 0 Å². The SMILES string of the molecule is Cc1nccn1CC1CCN(C[C@H]2CCOC2)CC1. The molecule has 0 aliphatic carbocycles. The molecule has 0 spiro atoms. The lowest BCUT2D eigenvalue weighted by Gasteiger charge is -2.33. The highest BCUT2D eigenvalue weighted by atomic mass is 16.5. The van der Waals surface area contributed by atoms with Crippen LogP contribution in [0.4, 0.5) is 0 Å². The fourth-order valence-corrected chi connectivity index (χ4v) is 3.32. The van der Waals surface area contributed by atoms with Crippen molar-refractivity contribution >= 4 is 0 Å². The molecule has 0 bridgehead atoms. The molecular formula is C15H25N3O. The van der Waals surface area contributed by atoms with E-state index in [0.29, 0.717) is 0 Å². The van der Waals surface area contributed by atoms with E-state index in [1.807, 2.05) is 6.20 Å². The van der Waals surface area contributed by atoms with E-state index in [0.717, 1.165) is 37.4 Å². The van der Waals surface area contributed by atoms with Crippen molar-refractivity contribution in [1.29, 1.82) is 0 Å². The molecule has 3 heterocycles. The Hall–Kier alpha value is -0.870. The van der Waals surface area contributed by atoms with Crippen molar-refractivity contribution in [3.63, 3.8) is 0 Å². The van der Waals surface area contributed by atoms with Crippen molar-refractivity contribution in [3.8, 4) is 0 Å². The molecule has 4 nitrogen and oxygen atoms in total. The minimum Gasteiger partial charge on any atom is -0.381 e. The zero-order chi connectivity index (χ0) is 13.1. The third-order valence-corrected chi connectivity index (χ3v) is 4.63. The van der Waals surface area contributed by atoms with Crippen LogP contribution in [0.25, 0.3) is 0 Å². The van der Waals surface area contributed by atoms with Crippen LogP contribution in [0.1, 0.15) is 25.1 Å². The van der Waals surface area contributed by atoms with Crippen LogP contribution < -0.4 is 0 Å². The van der Waals surface area contributed by atoms with Gasteiger partial charge in [-0.15, -0.1) is 0 Å². The first kappa shape index (κ1) is 13.1. The minimum atomic E-state index is 0.785. The van der Waals surface area contributed by atoms with E-state index in [2.05, 4.69) is 27.6 Å². The molecule has 0 unspecified atom stereocenters. The molecule has 3 rings (SSSR count). The van der Waals surface area contributed by atoms with E-state index in [1.165, 1.54) is 38.9 Å². The predicted octanol–water partition coefficient (Wildman–Crippen LogP) is 1.94. The minimum absolute atomic E-state index is 0.785. The second-order valence-electron chi connectivity index (χ2n) is 6.10. The van der Waals surface area contributed by atoms with Crippen LogP contribution >= 0.6 is 0 Å². The maximum absolute atomic E-state index is 5.47. The summed E-state index contributed by atoms with van der Waals surface area (Å²) in [4.78, 5) is 6.94. The van der Waals surface area contributed by atoms with Crippen LogP contribution in [-0.4, -0.2) is 47.3 Å². The average Bonchev–Trinajstić information content (AvgIpc) is 3.05. The molecule has 1 atom stereocenters. The summed E-state index contributed by atoms with van der Waals surface area (Å²) in [6.07, 6.45) is 7.92. The molecule has 1 aromatic rings. The van der Waals surface area contributed by atoms with Gasteiger partial charge in [0.2, 0.25) is 0 Å². The zero-order valence-corrected chi connectivity index (χ0v) is 11.9. The Bertz CT molecular complexity index is 390. The summed E-state index contributed by atoms with van der Waals surface area (Å²) in [5, 5.41) is 0. The smallest absolute Gasteiger partial charge is 0.105 e. The Morgan fingerprint density at radius 2 is 2.05 bits per heavy atom. The second-order valence-corrected chi connectivity index (χ2v) is 6.10. The number of ether oxygens (including phenoxy) is 1. The van der Waals surface area contributed by atoms with Crippen LogP contribution in [0, 0.1) is 18.8 Å². The topological polar surface area (TPSA) is 30.3 Å². The number of likely N-dealkylation sites (tertiary alicyclic amines) is 1. The van der Waals surface area contributed by atoms with Gasteiger partial charge in [-0.1, -0.05) is 0 Å². The van der Waals surface area contributed by atoms with Gasteiger partial charge in [0.1, 0.15) is 5.82 Å². The summed E-state index contributed by atoms with van der Waals surface area (Å²) in [6.45, 7) is 8.96. The summed E-state index contributed by atoms with van der Waals surface area (Å²) in [5.74, 6) is 2.75.